The number of hydrogen-bond donors (Lipinski definition) is 0. The van der Waals surface area contributed by atoms with Crippen LogP contribution < -0.4 is 4.90 Å². The Labute approximate surface area is 397 Å². The third-order valence-corrected chi connectivity index (χ3v) is 14.5. The summed E-state index contributed by atoms with van der Waals surface area (Å²) in [6, 6.07) is 95.8. The van der Waals surface area contributed by atoms with Crippen LogP contribution in [-0.2, 0) is 5.41 Å². The molecule has 0 saturated carbocycles. The van der Waals surface area contributed by atoms with Gasteiger partial charge < -0.3 is 9.47 Å². The molecule has 0 saturated heterocycles. The third-order valence-electron chi connectivity index (χ3n) is 14.5. The van der Waals surface area contributed by atoms with Gasteiger partial charge >= 0.3 is 0 Å². The Hall–Kier alpha value is -8.72. The highest BCUT2D eigenvalue weighted by molar-refractivity contribution is 6.17. The van der Waals surface area contributed by atoms with Crippen molar-refractivity contribution in [1.82, 2.24) is 4.57 Å². The van der Waals surface area contributed by atoms with Gasteiger partial charge in [-0.3, -0.25) is 0 Å². The number of benzene rings is 11. The van der Waals surface area contributed by atoms with Gasteiger partial charge in [0.25, 0.3) is 0 Å². The van der Waals surface area contributed by atoms with Crippen LogP contribution in [0.1, 0.15) is 23.6 Å². The molecule has 2 nitrogen and oxygen atoms in total. The number of fused-ring (bicyclic) bond motifs is 7. The van der Waals surface area contributed by atoms with Crippen molar-refractivity contribution in [3.05, 3.63) is 278 Å². The summed E-state index contributed by atoms with van der Waals surface area (Å²) in [7, 11) is 0. The molecule has 1 heterocycles. The Morgan fingerprint density at radius 3 is 1.69 bits per heavy atom. The minimum atomic E-state index is -0.275. The highest BCUT2D eigenvalue weighted by Crippen LogP contribution is 2.55. The van der Waals surface area contributed by atoms with Crippen LogP contribution in [0, 0.1) is 0 Å². The van der Waals surface area contributed by atoms with E-state index in [-0.39, 0.29) is 5.41 Å². The zero-order chi connectivity index (χ0) is 45.2. The van der Waals surface area contributed by atoms with Crippen molar-refractivity contribution < 1.29 is 0 Å². The van der Waals surface area contributed by atoms with Gasteiger partial charge in [0.05, 0.1) is 22.4 Å². The maximum atomic E-state index is 2.50. The van der Waals surface area contributed by atoms with E-state index in [2.05, 4.69) is 277 Å². The van der Waals surface area contributed by atoms with E-state index in [0.29, 0.717) is 0 Å². The topological polar surface area (TPSA) is 8.17 Å². The van der Waals surface area contributed by atoms with Crippen molar-refractivity contribution in [2.75, 3.05) is 4.90 Å². The molecule has 0 amide bonds. The van der Waals surface area contributed by atoms with E-state index in [4.69, 9.17) is 0 Å². The minimum Gasteiger partial charge on any atom is -0.309 e. The molecule has 2 heteroatoms. The molecule has 0 radical (unpaired) electrons. The lowest BCUT2D eigenvalue weighted by Crippen LogP contribution is -2.22. The second kappa shape index (κ2) is 16.0. The van der Waals surface area contributed by atoms with E-state index in [0.717, 1.165) is 33.8 Å². The van der Waals surface area contributed by atoms with Crippen LogP contribution in [0.2, 0.25) is 0 Å². The van der Waals surface area contributed by atoms with Crippen molar-refractivity contribution in [2.45, 2.75) is 12.3 Å². The van der Waals surface area contributed by atoms with Crippen LogP contribution in [-0.4, -0.2) is 4.57 Å². The standard InChI is InChI=1S/C66H46N2/c1-66(48-25-7-3-8-26-48)57-35-14-11-30-55(57)64-52(33-19-36-58(64)66)46-41-43-50(44-42-46)68(62-40-20-39-61-65(62)56-31-13-16-38-60(56)67(61)49-27-9-4-10-28-49)59-37-15-12-29-53(59)54-34-18-24-47-23-17-32-51(63(47)54)45-21-5-2-6-22-45/h2-44H,1H3. The molecule has 0 N–H and O–H groups in total. The van der Waals surface area contributed by atoms with Gasteiger partial charge in [-0.15, -0.1) is 0 Å². The molecule has 1 atom stereocenters. The Bertz CT molecular complexity index is 3840. The van der Waals surface area contributed by atoms with Gasteiger partial charge in [0, 0.05) is 33.1 Å². The predicted molar refractivity (Wildman–Crippen MR) is 287 cm³/mol. The summed E-state index contributed by atoms with van der Waals surface area (Å²) in [5.41, 5.74) is 20.3. The highest BCUT2D eigenvalue weighted by Gasteiger charge is 2.41. The average Bonchev–Trinajstić information content (AvgIpc) is 3.90. The molecule has 0 bridgehead atoms. The quantitative estimate of drug-likeness (QED) is 0.148. The molecule has 320 valence electrons. The van der Waals surface area contributed by atoms with Gasteiger partial charge in [-0.25, -0.2) is 0 Å². The van der Waals surface area contributed by atoms with E-state index < -0.39 is 0 Å². The fourth-order valence-electron chi connectivity index (χ4n) is 11.4. The summed E-state index contributed by atoms with van der Waals surface area (Å²) in [6.07, 6.45) is 0. The third kappa shape index (κ3) is 6.11. The zero-order valence-electron chi connectivity index (χ0n) is 37.7. The number of aromatic nitrogens is 1. The average molecular weight is 867 g/mol. The van der Waals surface area contributed by atoms with Gasteiger partial charge in [-0.05, 0) is 122 Å². The molecule has 1 aromatic heterocycles. The van der Waals surface area contributed by atoms with Crippen LogP contribution in [0.5, 0.6) is 0 Å². The lowest BCUT2D eigenvalue weighted by molar-refractivity contribution is 0.714. The summed E-state index contributed by atoms with van der Waals surface area (Å²) in [4.78, 5) is 2.50. The Morgan fingerprint density at radius 2 is 0.897 bits per heavy atom. The summed E-state index contributed by atoms with van der Waals surface area (Å²) in [5, 5.41) is 4.86. The van der Waals surface area contributed by atoms with Gasteiger partial charge in [0.2, 0.25) is 0 Å². The SMILES string of the molecule is CC1(c2ccccc2)c2ccccc2-c2c(-c3ccc(N(c4ccccc4-c4cccc5cccc(-c6ccccc6)c45)c4cccc5c4c4ccccc4n5-c4ccccc4)cc3)cccc21. The molecule has 13 rings (SSSR count). The number of hydrogen-bond acceptors (Lipinski definition) is 1. The summed E-state index contributed by atoms with van der Waals surface area (Å²) in [6.45, 7) is 2.39. The van der Waals surface area contributed by atoms with Crippen molar-refractivity contribution in [1.29, 1.82) is 0 Å². The first-order chi connectivity index (χ1) is 33.7. The van der Waals surface area contributed by atoms with E-state index in [1.54, 1.807) is 0 Å². The molecule has 1 unspecified atom stereocenters. The Balaban J connectivity index is 1.05. The molecule has 11 aromatic carbocycles. The Morgan fingerprint density at radius 1 is 0.353 bits per heavy atom. The van der Waals surface area contributed by atoms with E-state index in [1.165, 1.54) is 82.7 Å². The molecule has 0 spiro atoms. The van der Waals surface area contributed by atoms with Gasteiger partial charge in [-0.1, -0.05) is 212 Å². The van der Waals surface area contributed by atoms with E-state index >= 15 is 0 Å². The second-order valence-corrected chi connectivity index (χ2v) is 18.1. The van der Waals surface area contributed by atoms with E-state index in [1.807, 2.05) is 0 Å². The minimum absolute atomic E-state index is 0.275. The lowest BCUT2D eigenvalue weighted by atomic mass is 9.74. The molecule has 0 fully saturated rings. The second-order valence-electron chi connectivity index (χ2n) is 18.1. The highest BCUT2D eigenvalue weighted by atomic mass is 15.2. The monoisotopic (exact) mass is 866 g/mol. The van der Waals surface area contributed by atoms with Crippen molar-refractivity contribution >= 4 is 49.6 Å². The van der Waals surface area contributed by atoms with Crippen LogP contribution in [0.4, 0.5) is 17.1 Å². The number of para-hydroxylation sites is 3. The Kier molecular flexibility index (Phi) is 9.33. The number of nitrogens with zero attached hydrogens (tertiary/aromatic N) is 2. The molecule has 1 aliphatic rings. The van der Waals surface area contributed by atoms with Crippen molar-refractivity contribution in [3.63, 3.8) is 0 Å². The van der Waals surface area contributed by atoms with Crippen LogP contribution in [0.15, 0.2) is 261 Å². The zero-order valence-corrected chi connectivity index (χ0v) is 37.7. The maximum absolute atomic E-state index is 2.50. The summed E-state index contributed by atoms with van der Waals surface area (Å²) >= 11 is 0. The van der Waals surface area contributed by atoms with Gasteiger partial charge in [-0.2, -0.15) is 0 Å². The first-order valence-corrected chi connectivity index (χ1v) is 23.6. The number of rotatable bonds is 8. The van der Waals surface area contributed by atoms with Crippen molar-refractivity contribution in [2.24, 2.45) is 0 Å². The molecule has 68 heavy (non-hydrogen) atoms. The summed E-state index contributed by atoms with van der Waals surface area (Å²) in [5.74, 6) is 0. The predicted octanol–water partition coefficient (Wildman–Crippen LogP) is 17.7. The maximum Gasteiger partial charge on any atom is 0.0562 e. The first kappa shape index (κ1) is 39.6. The van der Waals surface area contributed by atoms with Crippen molar-refractivity contribution in [3.8, 4) is 50.2 Å². The van der Waals surface area contributed by atoms with Crippen LogP contribution >= 0.6 is 0 Å². The molecular formula is C66H46N2. The summed E-state index contributed by atoms with van der Waals surface area (Å²) < 4.78 is 2.41. The van der Waals surface area contributed by atoms with E-state index in [9.17, 15) is 0 Å². The van der Waals surface area contributed by atoms with Crippen LogP contribution in [0.3, 0.4) is 0 Å². The molecule has 12 aromatic rings. The van der Waals surface area contributed by atoms with Gasteiger partial charge in [0.1, 0.15) is 0 Å². The smallest absolute Gasteiger partial charge is 0.0562 e. The largest absolute Gasteiger partial charge is 0.309 e. The normalized spacial score (nSPS) is 14.0. The van der Waals surface area contributed by atoms with Gasteiger partial charge in [0.15, 0.2) is 0 Å². The molecule has 0 aliphatic heterocycles. The van der Waals surface area contributed by atoms with Crippen LogP contribution in [0.25, 0.3) is 82.8 Å². The fraction of sp³-hybridized carbons (Fsp3) is 0.0303. The lowest BCUT2D eigenvalue weighted by Gasteiger charge is -2.29. The molecular weight excluding hydrogens is 821 g/mol. The fourth-order valence-corrected chi connectivity index (χ4v) is 11.4. The first-order valence-electron chi connectivity index (χ1n) is 23.6. The number of anilines is 3. The molecule has 1 aliphatic carbocycles.